The van der Waals surface area contributed by atoms with Gasteiger partial charge in [0.25, 0.3) is 0 Å². The average Bonchev–Trinajstić information content (AvgIpc) is 2.74. The molecular weight excluding hydrogens is 403 g/mol. The fourth-order valence-electron chi connectivity index (χ4n) is 4.79. The van der Waals surface area contributed by atoms with Crippen LogP contribution in [0.4, 0.5) is 0 Å². The van der Waals surface area contributed by atoms with Gasteiger partial charge in [0.1, 0.15) is 0 Å². The third-order valence-electron chi connectivity index (χ3n) is 6.94. The molecule has 0 aromatic rings. The normalized spacial score (nSPS) is 11.6. The SMILES string of the molecule is CCCCCCCCCCCCCCCC[P+](CCCC)(CCCC)CCCC.[Cl-]. The molecule has 0 saturated heterocycles. The van der Waals surface area contributed by atoms with Gasteiger partial charge in [-0.05, 0) is 32.1 Å². The maximum absolute atomic E-state index is 2.39. The van der Waals surface area contributed by atoms with Crippen LogP contribution in [0.2, 0.25) is 0 Å². The predicted octanol–water partition coefficient (Wildman–Crippen LogP) is 7.89. The fraction of sp³-hybridized carbons (Fsp3) is 1.00. The van der Waals surface area contributed by atoms with E-state index in [2.05, 4.69) is 27.7 Å². The Morgan fingerprint density at radius 2 is 0.533 bits per heavy atom. The van der Waals surface area contributed by atoms with Gasteiger partial charge >= 0.3 is 0 Å². The summed E-state index contributed by atoms with van der Waals surface area (Å²) in [6, 6.07) is 0. The highest BCUT2D eigenvalue weighted by molar-refractivity contribution is 7.75. The van der Waals surface area contributed by atoms with Crippen LogP contribution in [0.15, 0.2) is 0 Å². The number of hydrogen-bond acceptors (Lipinski definition) is 0. The molecule has 0 bridgehead atoms. The molecule has 0 unspecified atom stereocenters. The number of hydrogen-bond donors (Lipinski definition) is 0. The van der Waals surface area contributed by atoms with Crippen LogP contribution in [0.25, 0.3) is 0 Å². The highest BCUT2D eigenvalue weighted by atomic mass is 35.5. The summed E-state index contributed by atoms with van der Waals surface area (Å²) in [5, 5.41) is 0. The molecule has 0 N–H and O–H groups in total. The van der Waals surface area contributed by atoms with E-state index in [1.807, 2.05) is 0 Å². The Bertz CT molecular complexity index is 283. The van der Waals surface area contributed by atoms with Crippen molar-refractivity contribution in [1.82, 2.24) is 0 Å². The lowest BCUT2D eigenvalue weighted by Crippen LogP contribution is -3.00. The van der Waals surface area contributed by atoms with E-state index in [9.17, 15) is 0 Å². The van der Waals surface area contributed by atoms with Crippen molar-refractivity contribution < 1.29 is 12.4 Å². The molecule has 0 atom stereocenters. The van der Waals surface area contributed by atoms with Crippen molar-refractivity contribution in [2.75, 3.05) is 24.6 Å². The summed E-state index contributed by atoms with van der Waals surface area (Å²) in [5.74, 6) is 0. The zero-order valence-corrected chi connectivity index (χ0v) is 23.4. The largest absolute Gasteiger partial charge is 1.00 e. The van der Waals surface area contributed by atoms with E-state index in [1.54, 1.807) is 31.1 Å². The first-order valence-corrected chi connectivity index (χ1v) is 16.6. The second kappa shape index (κ2) is 26.0. The molecule has 0 amide bonds. The second-order valence-corrected chi connectivity index (χ2v) is 14.4. The van der Waals surface area contributed by atoms with Crippen LogP contribution >= 0.6 is 7.26 Å². The molecule has 0 aliphatic carbocycles. The van der Waals surface area contributed by atoms with Crippen LogP contribution in [0.3, 0.4) is 0 Å². The molecule has 0 heterocycles. The van der Waals surface area contributed by atoms with Gasteiger partial charge in [-0.1, -0.05) is 124 Å². The second-order valence-electron chi connectivity index (χ2n) is 9.89. The van der Waals surface area contributed by atoms with E-state index in [0.717, 1.165) is 0 Å². The first-order valence-electron chi connectivity index (χ1n) is 14.1. The molecule has 184 valence electrons. The van der Waals surface area contributed by atoms with Crippen LogP contribution in [-0.4, -0.2) is 24.6 Å². The van der Waals surface area contributed by atoms with Crippen molar-refractivity contribution in [2.24, 2.45) is 0 Å². The maximum atomic E-state index is 2.39. The van der Waals surface area contributed by atoms with Gasteiger partial charge in [-0.2, -0.15) is 0 Å². The van der Waals surface area contributed by atoms with Gasteiger partial charge in [0.2, 0.25) is 0 Å². The van der Waals surface area contributed by atoms with Gasteiger partial charge < -0.3 is 12.4 Å². The van der Waals surface area contributed by atoms with Crippen LogP contribution in [0.1, 0.15) is 156 Å². The molecule has 0 nitrogen and oxygen atoms in total. The van der Waals surface area contributed by atoms with Gasteiger partial charge in [0, 0.05) is 7.26 Å². The Labute approximate surface area is 200 Å². The van der Waals surface area contributed by atoms with Crippen LogP contribution < -0.4 is 12.4 Å². The van der Waals surface area contributed by atoms with E-state index >= 15 is 0 Å². The summed E-state index contributed by atoms with van der Waals surface area (Å²) in [6.45, 7) is 9.48. The van der Waals surface area contributed by atoms with Crippen molar-refractivity contribution >= 4 is 7.26 Å². The summed E-state index contributed by atoms with van der Waals surface area (Å²) in [4.78, 5) is 0. The van der Waals surface area contributed by atoms with Crippen LogP contribution in [0.5, 0.6) is 0 Å². The summed E-state index contributed by atoms with van der Waals surface area (Å²) in [5.41, 5.74) is 0. The van der Waals surface area contributed by atoms with Gasteiger partial charge in [0.15, 0.2) is 0 Å². The summed E-state index contributed by atoms with van der Waals surface area (Å²) >= 11 is 0. The summed E-state index contributed by atoms with van der Waals surface area (Å²) in [6.07, 6.45) is 36.0. The van der Waals surface area contributed by atoms with Gasteiger partial charge in [-0.15, -0.1) is 0 Å². The minimum absolute atomic E-state index is 0. The molecule has 0 saturated carbocycles. The molecule has 0 spiro atoms. The van der Waals surface area contributed by atoms with Crippen molar-refractivity contribution in [3.8, 4) is 0 Å². The Kier molecular flexibility index (Phi) is 28.5. The lowest BCUT2D eigenvalue weighted by molar-refractivity contribution is -0.00000667. The fourth-order valence-corrected chi connectivity index (χ4v) is 9.99. The Morgan fingerprint density at radius 1 is 0.300 bits per heavy atom. The van der Waals surface area contributed by atoms with E-state index in [0.29, 0.717) is 0 Å². The topological polar surface area (TPSA) is 0 Å². The minimum atomic E-state index is -0.630. The van der Waals surface area contributed by atoms with Crippen molar-refractivity contribution in [2.45, 2.75) is 156 Å². The highest BCUT2D eigenvalue weighted by Crippen LogP contribution is 2.61. The molecular formula is C28H60ClP. The Morgan fingerprint density at radius 3 is 0.833 bits per heavy atom. The molecule has 0 aliphatic rings. The first-order chi connectivity index (χ1) is 14.2. The lowest BCUT2D eigenvalue weighted by Gasteiger charge is -2.28. The van der Waals surface area contributed by atoms with Gasteiger partial charge in [-0.3, -0.25) is 0 Å². The number of rotatable bonds is 24. The molecule has 0 aromatic carbocycles. The highest BCUT2D eigenvalue weighted by Gasteiger charge is 2.34. The average molecular weight is 463 g/mol. The monoisotopic (exact) mass is 462 g/mol. The van der Waals surface area contributed by atoms with Crippen molar-refractivity contribution in [3.63, 3.8) is 0 Å². The summed E-state index contributed by atoms with van der Waals surface area (Å²) < 4.78 is 0. The van der Waals surface area contributed by atoms with E-state index < -0.39 is 7.26 Å². The zero-order valence-electron chi connectivity index (χ0n) is 21.8. The lowest BCUT2D eigenvalue weighted by atomic mass is 10.0. The smallest absolute Gasteiger partial charge is 0.0594 e. The molecule has 0 aliphatic heterocycles. The van der Waals surface area contributed by atoms with E-state index in [4.69, 9.17) is 0 Å². The third kappa shape index (κ3) is 20.6. The quantitative estimate of drug-likeness (QED) is 0.101. The number of halogens is 1. The van der Waals surface area contributed by atoms with E-state index in [1.165, 1.54) is 122 Å². The molecule has 2 heteroatoms. The predicted molar refractivity (Wildman–Crippen MR) is 141 cm³/mol. The third-order valence-corrected chi connectivity index (χ3v) is 12.0. The van der Waals surface area contributed by atoms with Crippen molar-refractivity contribution in [1.29, 1.82) is 0 Å². The Balaban J connectivity index is 0. The summed E-state index contributed by atoms with van der Waals surface area (Å²) in [7, 11) is -0.630. The van der Waals surface area contributed by atoms with Gasteiger partial charge in [0.05, 0.1) is 24.6 Å². The van der Waals surface area contributed by atoms with E-state index in [-0.39, 0.29) is 12.4 Å². The minimum Gasteiger partial charge on any atom is -1.00 e. The van der Waals surface area contributed by atoms with Crippen LogP contribution in [-0.2, 0) is 0 Å². The Hall–Kier alpha value is 0.720. The first kappa shape index (κ1) is 32.9. The van der Waals surface area contributed by atoms with Crippen LogP contribution in [0, 0.1) is 0 Å². The zero-order chi connectivity index (χ0) is 21.5. The van der Waals surface area contributed by atoms with Crippen molar-refractivity contribution in [3.05, 3.63) is 0 Å². The molecule has 0 radical (unpaired) electrons. The van der Waals surface area contributed by atoms with Gasteiger partial charge in [-0.25, -0.2) is 0 Å². The molecule has 30 heavy (non-hydrogen) atoms. The molecule has 0 aromatic heterocycles. The standard InChI is InChI=1S/C28H60P.ClH/c1-5-9-13-14-15-16-17-18-19-20-21-22-23-24-28-29(25-10-6-2,26-11-7-3)27-12-8-4;/h5-28H2,1-4H3;1H/q+1;/p-1. The number of unbranched alkanes of at least 4 members (excludes halogenated alkanes) is 16. The molecule has 0 fully saturated rings. The maximum Gasteiger partial charge on any atom is 0.0594 e. The molecule has 0 rings (SSSR count).